The third kappa shape index (κ3) is 7.15. The summed E-state index contributed by atoms with van der Waals surface area (Å²) >= 11 is 1.06. The summed E-state index contributed by atoms with van der Waals surface area (Å²) in [4.78, 5) is 3.88. The van der Waals surface area contributed by atoms with Crippen molar-refractivity contribution in [3.8, 4) is 23.3 Å². The van der Waals surface area contributed by atoms with Crippen molar-refractivity contribution in [3.05, 3.63) is 95.1 Å². The third-order valence-electron chi connectivity index (χ3n) is 6.97. The molecule has 0 aliphatic rings. The van der Waals surface area contributed by atoms with E-state index in [4.69, 9.17) is 5.73 Å². The Kier molecular flexibility index (Phi) is 9.26. The summed E-state index contributed by atoms with van der Waals surface area (Å²) in [7, 11) is -8.89. The van der Waals surface area contributed by atoms with Gasteiger partial charge in [-0.1, -0.05) is 41.2 Å². The number of pyridine rings is 1. The summed E-state index contributed by atoms with van der Waals surface area (Å²) in [5.74, 6) is 0.110. The molecule has 3 aromatic carbocycles. The Morgan fingerprint density at radius 3 is 1.73 bits per heavy atom. The fourth-order valence-corrected chi connectivity index (χ4v) is 6.36. The standard InChI is InChI=1S/C31H24N8O6S3/c1-17-3-5-19(6-4-17)26-25(16-33)31(46-28(26)34)39-38-27-18(2)24(15-32)29(35-20-7-11-22(12-8-20)47(40,41)42)37-30(27)36-21-9-13-23(14-10-21)48(43,44)45/h3-14H,34H2,1-2H3,(H2,35,36,37)(H,40,41,42)(H,43,44,45). The van der Waals surface area contributed by atoms with E-state index in [2.05, 4.69) is 38.0 Å². The van der Waals surface area contributed by atoms with Crippen LogP contribution >= 0.6 is 11.3 Å². The van der Waals surface area contributed by atoms with Crippen LogP contribution in [0.1, 0.15) is 22.3 Å². The topological polar surface area (TPSA) is 244 Å². The molecule has 0 amide bonds. The van der Waals surface area contributed by atoms with Gasteiger partial charge in [-0.3, -0.25) is 9.11 Å². The van der Waals surface area contributed by atoms with Gasteiger partial charge >= 0.3 is 0 Å². The molecule has 2 heterocycles. The minimum Gasteiger partial charge on any atom is -0.390 e. The van der Waals surface area contributed by atoms with E-state index in [1.54, 1.807) is 6.92 Å². The molecule has 0 bridgehead atoms. The van der Waals surface area contributed by atoms with Gasteiger partial charge in [-0.25, -0.2) is 4.98 Å². The predicted octanol–water partition coefficient (Wildman–Crippen LogP) is 7.15. The molecule has 0 saturated carbocycles. The zero-order chi connectivity index (χ0) is 34.8. The SMILES string of the molecule is Cc1ccc(-c2c(N)sc(N=Nc3c(Nc4ccc(S(=O)(=O)O)cc4)nc(Nc4ccc(S(=O)(=O)O)cc4)c(C#N)c3C)c2C#N)cc1. The van der Waals surface area contributed by atoms with Gasteiger partial charge < -0.3 is 16.4 Å². The molecule has 0 spiro atoms. The number of aromatic nitrogens is 1. The van der Waals surface area contributed by atoms with Gasteiger partial charge in [-0.05, 0) is 67.9 Å². The molecule has 5 aromatic rings. The molecule has 0 saturated heterocycles. The van der Waals surface area contributed by atoms with E-state index >= 15 is 0 Å². The number of nitrogen functional groups attached to an aromatic ring is 1. The van der Waals surface area contributed by atoms with Crippen LogP contribution in [0.25, 0.3) is 11.1 Å². The second-order valence-electron chi connectivity index (χ2n) is 10.2. The molecule has 0 unspecified atom stereocenters. The summed E-state index contributed by atoms with van der Waals surface area (Å²) in [6.45, 7) is 3.53. The summed E-state index contributed by atoms with van der Waals surface area (Å²) < 4.78 is 64.7. The predicted molar refractivity (Wildman–Crippen MR) is 181 cm³/mol. The average molecular weight is 701 g/mol. The highest BCUT2D eigenvalue weighted by molar-refractivity contribution is 7.86. The van der Waals surface area contributed by atoms with Crippen LogP contribution in [0.3, 0.4) is 0 Å². The maximum Gasteiger partial charge on any atom is 0.294 e. The Morgan fingerprint density at radius 1 is 0.750 bits per heavy atom. The summed E-state index contributed by atoms with van der Waals surface area (Å²) in [6.07, 6.45) is 0. The van der Waals surface area contributed by atoms with Gasteiger partial charge in [-0.2, -0.15) is 27.4 Å². The first-order valence-corrected chi connectivity index (χ1v) is 17.3. The molecular weight excluding hydrogens is 677 g/mol. The van der Waals surface area contributed by atoms with Crippen LogP contribution in [0.15, 0.2) is 92.8 Å². The Balaban J connectivity index is 1.62. The number of anilines is 5. The molecule has 0 aliphatic carbocycles. The fourth-order valence-electron chi connectivity index (χ4n) is 4.54. The molecule has 5 rings (SSSR count). The molecule has 242 valence electrons. The van der Waals surface area contributed by atoms with Gasteiger partial charge in [0.2, 0.25) is 0 Å². The minimum absolute atomic E-state index is 0.0466. The number of hydrogen-bond donors (Lipinski definition) is 5. The summed E-state index contributed by atoms with van der Waals surface area (Å²) in [6, 6.07) is 21.9. The van der Waals surface area contributed by atoms with E-state index < -0.39 is 20.2 Å². The van der Waals surface area contributed by atoms with E-state index in [0.717, 1.165) is 22.5 Å². The number of nitrogens with one attached hydrogen (secondary N) is 2. The number of rotatable bonds is 9. The average Bonchev–Trinajstić information content (AvgIpc) is 3.35. The molecule has 2 aromatic heterocycles. The van der Waals surface area contributed by atoms with Gasteiger partial charge in [0.05, 0.1) is 20.4 Å². The maximum atomic E-state index is 11.5. The maximum absolute atomic E-state index is 11.5. The molecule has 6 N–H and O–H groups in total. The number of thiophene rings is 1. The van der Waals surface area contributed by atoms with E-state index in [9.17, 15) is 36.5 Å². The second-order valence-corrected chi connectivity index (χ2v) is 14.1. The molecular formula is C31H24N8O6S3. The normalized spacial score (nSPS) is 11.6. The Morgan fingerprint density at radius 2 is 1.25 bits per heavy atom. The lowest BCUT2D eigenvalue weighted by Crippen LogP contribution is -2.05. The van der Waals surface area contributed by atoms with E-state index in [0.29, 0.717) is 27.5 Å². The Labute approximate surface area is 279 Å². The first-order valence-electron chi connectivity index (χ1n) is 13.6. The highest BCUT2D eigenvalue weighted by Gasteiger charge is 2.21. The van der Waals surface area contributed by atoms with Crippen molar-refractivity contribution in [3.63, 3.8) is 0 Å². The number of nitrogens with two attached hydrogens (primary N) is 1. The minimum atomic E-state index is -4.45. The second kappa shape index (κ2) is 13.2. The van der Waals surface area contributed by atoms with Gasteiger partial charge in [0, 0.05) is 22.5 Å². The van der Waals surface area contributed by atoms with Gasteiger partial charge in [0.15, 0.2) is 16.6 Å². The molecule has 14 nitrogen and oxygen atoms in total. The van der Waals surface area contributed by atoms with Crippen LogP contribution in [0.4, 0.5) is 38.7 Å². The Bertz CT molecular complexity index is 2380. The van der Waals surface area contributed by atoms with Crippen molar-refractivity contribution in [2.75, 3.05) is 16.4 Å². The highest BCUT2D eigenvalue weighted by atomic mass is 32.2. The van der Waals surface area contributed by atoms with Crippen LogP contribution in [-0.2, 0) is 20.2 Å². The number of nitrogens with zero attached hydrogens (tertiary/aromatic N) is 5. The van der Waals surface area contributed by atoms with Crippen LogP contribution in [0, 0.1) is 36.5 Å². The lowest BCUT2D eigenvalue weighted by atomic mass is 10.0. The molecule has 0 radical (unpaired) electrons. The number of hydrogen-bond acceptors (Lipinski definition) is 13. The van der Waals surface area contributed by atoms with Crippen molar-refractivity contribution >= 4 is 70.3 Å². The molecule has 0 atom stereocenters. The lowest BCUT2D eigenvalue weighted by Gasteiger charge is -2.16. The summed E-state index contributed by atoms with van der Waals surface area (Å²) in [5.41, 5.74) is 9.93. The molecule has 0 aliphatic heterocycles. The van der Waals surface area contributed by atoms with Crippen LogP contribution in [0.5, 0.6) is 0 Å². The highest BCUT2D eigenvalue weighted by Crippen LogP contribution is 2.45. The molecule has 0 fully saturated rings. The van der Waals surface area contributed by atoms with Crippen molar-refractivity contribution in [2.45, 2.75) is 23.6 Å². The molecule has 48 heavy (non-hydrogen) atoms. The zero-order valence-corrected chi connectivity index (χ0v) is 27.4. The number of nitriles is 2. The first-order chi connectivity index (χ1) is 22.7. The van der Waals surface area contributed by atoms with Gasteiger partial charge in [-0.15, -0.1) is 10.2 Å². The third-order valence-corrected chi connectivity index (χ3v) is 9.61. The van der Waals surface area contributed by atoms with Crippen molar-refractivity contribution < 1.29 is 25.9 Å². The Hall–Kier alpha value is -5.69. The quantitative estimate of drug-likeness (QED) is 0.0760. The number of aryl methyl sites for hydroxylation is 1. The lowest BCUT2D eigenvalue weighted by molar-refractivity contribution is 0.481. The van der Waals surface area contributed by atoms with Crippen molar-refractivity contribution in [1.82, 2.24) is 4.98 Å². The smallest absolute Gasteiger partial charge is 0.294 e. The van der Waals surface area contributed by atoms with Gasteiger partial charge in [0.25, 0.3) is 20.2 Å². The first kappa shape index (κ1) is 33.7. The largest absolute Gasteiger partial charge is 0.390 e. The summed E-state index contributed by atoms with van der Waals surface area (Å²) in [5, 5.41) is 35.4. The van der Waals surface area contributed by atoms with Crippen molar-refractivity contribution in [2.24, 2.45) is 10.2 Å². The molecule has 17 heteroatoms. The van der Waals surface area contributed by atoms with E-state index in [-0.39, 0.29) is 43.2 Å². The van der Waals surface area contributed by atoms with Crippen LogP contribution in [-0.4, -0.2) is 30.9 Å². The number of azo groups is 1. The fraction of sp³-hybridized carbons (Fsp3) is 0.0645. The monoisotopic (exact) mass is 700 g/mol. The van der Waals surface area contributed by atoms with E-state index in [1.165, 1.54) is 48.5 Å². The van der Waals surface area contributed by atoms with Crippen LogP contribution in [0.2, 0.25) is 0 Å². The van der Waals surface area contributed by atoms with Gasteiger partial charge in [0.1, 0.15) is 23.4 Å². The van der Waals surface area contributed by atoms with E-state index in [1.807, 2.05) is 31.2 Å². The van der Waals surface area contributed by atoms with Crippen LogP contribution < -0.4 is 16.4 Å². The van der Waals surface area contributed by atoms with Crippen molar-refractivity contribution in [1.29, 1.82) is 10.5 Å². The number of benzene rings is 3. The zero-order valence-electron chi connectivity index (χ0n) is 25.0.